The summed E-state index contributed by atoms with van der Waals surface area (Å²) in [6.45, 7) is 4.45. The van der Waals surface area contributed by atoms with Gasteiger partial charge in [-0.1, -0.05) is 5.16 Å². The summed E-state index contributed by atoms with van der Waals surface area (Å²) in [6, 6.07) is 0. The van der Waals surface area contributed by atoms with E-state index in [0.717, 1.165) is 24.6 Å². The molecule has 2 heterocycles. The number of nitrogens with zero attached hydrogens (tertiary/aromatic N) is 2. The van der Waals surface area contributed by atoms with Crippen LogP contribution in [0.4, 0.5) is 0 Å². The van der Waals surface area contributed by atoms with Crippen molar-refractivity contribution in [3.8, 4) is 0 Å². The third kappa shape index (κ3) is 3.32. The van der Waals surface area contributed by atoms with Crippen molar-refractivity contribution in [2.75, 3.05) is 26.7 Å². The molecule has 0 bridgehead atoms. The summed E-state index contributed by atoms with van der Waals surface area (Å²) < 4.78 is 4.77. The van der Waals surface area contributed by atoms with Crippen LogP contribution in [0.3, 0.4) is 0 Å². The van der Waals surface area contributed by atoms with E-state index in [2.05, 4.69) is 22.4 Å². The molecule has 1 aromatic heterocycles. The second-order valence-corrected chi connectivity index (χ2v) is 4.41. The zero-order chi connectivity index (χ0) is 10.5. The van der Waals surface area contributed by atoms with Crippen molar-refractivity contribution in [2.24, 2.45) is 5.92 Å². The molecule has 1 saturated heterocycles. The minimum absolute atomic E-state index is 0.834. The summed E-state index contributed by atoms with van der Waals surface area (Å²) in [5.41, 5.74) is 1.13. The van der Waals surface area contributed by atoms with Crippen molar-refractivity contribution in [3.63, 3.8) is 0 Å². The molecular weight excluding hydrogens is 190 g/mol. The standard InChI is InChI=1S/C11H19N3O/c1-14-4-2-10(3-5-14)6-12-7-11-8-13-15-9-11/h8-10,12H,2-7H2,1H3. The fraction of sp³-hybridized carbons (Fsp3) is 0.727. The van der Waals surface area contributed by atoms with Gasteiger partial charge in [-0.2, -0.15) is 0 Å². The topological polar surface area (TPSA) is 41.3 Å². The summed E-state index contributed by atoms with van der Waals surface area (Å²) in [5, 5.41) is 7.13. The molecule has 0 aromatic carbocycles. The molecule has 1 N–H and O–H groups in total. The summed E-state index contributed by atoms with van der Waals surface area (Å²) >= 11 is 0. The number of hydrogen-bond acceptors (Lipinski definition) is 4. The van der Waals surface area contributed by atoms with E-state index >= 15 is 0 Å². The molecule has 1 fully saturated rings. The van der Waals surface area contributed by atoms with Crippen LogP contribution in [-0.2, 0) is 6.54 Å². The van der Waals surface area contributed by atoms with Crippen LogP contribution in [0.15, 0.2) is 17.0 Å². The average Bonchev–Trinajstić information content (AvgIpc) is 2.74. The van der Waals surface area contributed by atoms with Gasteiger partial charge < -0.3 is 14.7 Å². The van der Waals surface area contributed by atoms with E-state index in [-0.39, 0.29) is 0 Å². The highest BCUT2D eigenvalue weighted by Gasteiger charge is 2.15. The monoisotopic (exact) mass is 209 g/mol. The molecule has 0 amide bonds. The minimum atomic E-state index is 0.834. The highest BCUT2D eigenvalue weighted by atomic mass is 16.5. The van der Waals surface area contributed by atoms with Crippen molar-refractivity contribution in [1.29, 1.82) is 0 Å². The maximum Gasteiger partial charge on any atom is 0.128 e. The van der Waals surface area contributed by atoms with Gasteiger partial charge in [-0.15, -0.1) is 0 Å². The Labute approximate surface area is 90.6 Å². The number of nitrogens with one attached hydrogen (secondary N) is 1. The molecule has 0 aliphatic carbocycles. The van der Waals surface area contributed by atoms with Crippen LogP contribution in [0.5, 0.6) is 0 Å². The molecule has 1 aliphatic heterocycles. The lowest BCUT2D eigenvalue weighted by molar-refractivity contribution is 0.216. The zero-order valence-corrected chi connectivity index (χ0v) is 9.28. The van der Waals surface area contributed by atoms with E-state index in [9.17, 15) is 0 Å². The van der Waals surface area contributed by atoms with E-state index in [4.69, 9.17) is 4.52 Å². The highest BCUT2D eigenvalue weighted by Crippen LogP contribution is 2.14. The summed E-state index contributed by atoms with van der Waals surface area (Å²) in [7, 11) is 2.20. The number of hydrogen-bond donors (Lipinski definition) is 1. The van der Waals surface area contributed by atoms with Crippen LogP contribution in [0.1, 0.15) is 18.4 Å². The normalized spacial score (nSPS) is 19.5. The maximum absolute atomic E-state index is 4.77. The van der Waals surface area contributed by atoms with Gasteiger partial charge in [-0.3, -0.25) is 0 Å². The van der Waals surface area contributed by atoms with Gasteiger partial charge in [0.05, 0.1) is 6.20 Å². The number of rotatable bonds is 4. The molecule has 84 valence electrons. The highest BCUT2D eigenvalue weighted by molar-refractivity contribution is 4.99. The number of piperidine rings is 1. The first-order chi connectivity index (χ1) is 7.34. The van der Waals surface area contributed by atoms with E-state index in [0.29, 0.717) is 0 Å². The van der Waals surface area contributed by atoms with Gasteiger partial charge in [0.15, 0.2) is 0 Å². The molecule has 0 spiro atoms. The lowest BCUT2D eigenvalue weighted by Gasteiger charge is -2.28. The summed E-state index contributed by atoms with van der Waals surface area (Å²) in [6.07, 6.45) is 6.09. The first-order valence-corrected chi connectivity index (χ1v) is 5.62. The van der Waals surface area contributed by atoms with Gasteiger partial charge >= 0.3 is 0 Å². The molecule has 0 atom stereocenters. The van der Waals surface area contributed by atoms with Gasteiger partial charge in [0.1, 0.15) is 6.26 Å². The van der Waals surface area contributed by atoms with Crippen molar-refractivity contribution in [3.05, 3.63) is 18.0 Å². The number of likely N-dealkylation sites (tertiary alicyclic amines) is 1. The van der Waals surface area contributed by atoms with Crippen LogP contribution < -0.4 is 5.32 Å². The summed E-state index contributed by atoms with van der Waals surface area (Å²) in [4.78, 5) is 2.40. The predicted molar refractivity (Wildman–Crippen MR) is 58.4 cm³/mol. The predicted octanol–water partition coefficient (Wildman–Crippen LogP) is 1.11. The van der Waals surface area contributed by atoms with Crippen LogP contribution in [0.2, 0.25) is 0 Å². The zero-order valence-electron chi connectivity index (χ0n) is 9.28. The van der Waals surface area contributed by atoms with Crippen molar-refractivity contribution >= 4 is 0 Å². The van der Waals surface area contributed by atoms with Crippen LogP contribution in [0.25, 0.3) is 0 Å². The largest absolute Gasteiger partial charge is 0.364 e. The first kappa shape index (κ1) is 10.6. The lowest BCUT2D eigenvalue weighted by Crippen LogP contribution is -2.34. The fourth-order valence-electron chi connectivity index (χ4n) is 2.00. The Balaban J connectivity index is 1.62. The fourth-order valence-corrected chi connectivity index (χ4v) is 2.00. The summed E-state index contributed by atoms with van der Waals surface area (Å²) in [5.74, 6) is 0.834. The van der Waals surface area contributed by atoms with Crippen molar-refractivity contribution in [1.82, 2.24) is 15.4 Å². The van der Waals surface area contributed by atoms with E-state index in [1.807, 2.05) is 0 Å². The first-order valence-electron chi connectivity index (χ1n) is 5.62. The molecule has 0 saturated carbocycles. The second kappa shape index (κ2) is 5.28. The molecular formula is C11H19N3O. The SMILES string of the molecule is CN1CCC(CNCc2cnoc2)CC1. The van der Waals surface area contributed by atoms with Crippen molar-refractivity contribution in [2.45, 2.75) is 19.4 Å². The Hall–Kier alpha value is -0.870. The van der Waals surface area contributed by atoms with E-state index < -0.39 is 0 Å². The van der Waals surface area contributed by atoms with Gasteiger partial charge in [0.2, 0.25) is 0 Å². The molecule has 2 rings (SSSR count). The Bertz CT molecular complexity index is 265. The third-order valence-electron chi connectivity index (χ3n) is 3.08. The number of aromatic nitrogens is 1. The Kier molecular flexibility index (Phi) is 3.75. The molecule has 0 unspecified atom stereocenters. The molecule has 1 aliphatic rings. The minimum Gasteiger partial charge on any atom is -0.364 e. The third-order valence-corrected chi connectivity index (χ3v) is 3.08. The van der Waals surface area contributed by atoms with Gasteiger partial charge in [-0.05, 0) is 45.4 Å². The van der Waals surface area contributed by atoms with Crippen molar-refractivity contribution < 1.29 is 4.52 Å². The maximum atomic E-state index is 4.77. The van der Waals surface area contributed by atoms with Crippen LogP contribution in [-0.4, -0.2) is 36.7 Å². The average molecular weight is 209 g/mol. The molecule has 4 heteroatoms. The van der Waals surface area contributed by atoms with Gasteiger partial charge in [0.25, 0.3) is 0 Å². The van der Waals surface area contributed by atoms with E-state index in [1.165, 1.54) is 25.9 Å². The lowest BCUT2D eigenvalue weighted by atomic mass is 9.97. The van der Waals surface area contributed by atoms with E-state index in [1.54, 1.807) is 12.5 Å². The second-order valence-electron chi connectivity index (χ2n) is 4.41. The van der Waals surface area contributed by atoms with Gasteiger partial charge in [0, 0.05) is 12.1 Å². The van der Waals surface area contributed by atoms with Crippen LogP contribution >= 0.6 is 0 Å². The quantitative estimate of drug-likeness (QED) is 0.806. The van der Waals surface area contributed by atoms with Gasteiger partial charge in [-0.25, -0.2) is 0 Å². The molecule has 4 nitrogen and oxygen atoms in total. The van der Waals surface area contributed by atoms with Crippen LogP contribution in [0, 0.1) is 5.92 Å². The Morgan fingerprint density at radius 1 is 1.53 bits per heavy atom. The Morgan fingerprint density at radius 3 is 3.00 bits per heavy atom. The smallest absolute Gasteiger partial charge is 0.128 e. The molecule has 0 radical (unpaired) electrons. The Morgan fingerprint density at radius 2 is 2.33 bits per heavy atom. The molecule has 1 aromatic rings. The molecule has 15 heavy (non-hydrogen) atoms.